The van der Waals surface area contributed by atoms with Crippen LogP contribution in [0.3, 0.4) is 0 Å². The highest BCUT2D eigenvalue weighted by atomic mass is 35.5. The highest BCUT2D eigenvalue weighted by Gasteiger charge is 2.33. The van der Waals surface area contributed by atoms with Crippen molar-refractivity contribution in [1.29, 1.82) is 0 Å². The van der Waals surface area contributed by atoms with Crippen molar-refractivity contribution in [2.75, 3.05) is 13.1 Å². The van der Waals surface area contributed by atoms with Gasteiger partial charge in [0, 0.05) is 31.2 Å². The summed E-state index contributed by atoms with van der Waals surface area (Å²) in [5.41, 5.74) is 2.26. The molecule has 1 N–H and O–H groups in total. The zero-order chi connectivity index (χ0) is 22.7. The fourth-order valence-electron chi connectivity index (χ4n) is 3.99. The predicted octanol–water partition coefficient (Wildman–Crippen LogP) is 3.21. The Hall–Kier alpha value is -2.49. The normalized spacial score (nSPS) is 17.5. The van der Waals surface area contributed by atoms with Crippen LogP contribution in [0.2, 0.25) is 5.02 Å². The van der Waals surface area contributed by atoms with Crippen molar-refractivity contribution < 1.29 is 13.2 Å². The molecule has 1 aliphatic heterocycles. The highest BCUT2D eigenvalue weighted by Crippen LogP contribution is 2.26. The van der Waals surface area contributed by atoms with E-state index in [0.717, 1.165) is 24.0 Å². The number of aryl methyl sites for hydroxylation is 1. The van der Waals surface area contributed by atoms with Gasteiger partial charge in [0.2, 0.25) is 15.9 Å². The van der Waals surface area contributed by atoms with Gasteiger partial charge < -0.3 is 5.32 Å². The predicted molar refractivity (Wildman–Crippen MR) is 123 cm³/mol. The molecule has 32 heavy (non-hydrogen) atoms. The lowest BCUT2D eigenvalue weighted by molar-refractivity contribution is -0.126. The molecule has 8 nitrogen and oxygen atoms in total. The molecular formula is C22H26ClN5O3S. The van der Waals surface area contributed by atoms with Crippen LogP contribution in [0.15, 0.2) is 47.4 Å². The average molecular weight is 476 g/mol. The number of sulfonamides is 1. The van der Waals surface area contributed by atoms with Crippen LogP contribution in [-0.2, 0) is 27.9 Å². The van der Waals surface area contributed by atoms with Crippen LogP contribution in [0.25, 0.3) is 11.0 Å². The molecule has 0 bridgehead atoms. The molecule has 2 aromatic carbocycles. The van der Waals surface area contributed by atoms with E-state index in [1.165, 1.54) is 4.31 Å². The Labute approximate surface area is 192 Å². The molecule has 1 amide bonds. The zero-order valence-corrected chi connectivity index (χ0v) is 19.4. The van der Waals surface area contributed by atoms with Gasteiger partial charge in [0.15, 0.2) is 0 Å². The molecule has 3 aromatic rings. The van der Waals surface area contributed by atoms with Gasteiger partial charge in [-0.2, -0.15) is 4.31 Å². The number of aromatic nitrogens is 3. The number of amides is 1. The first kappa shape index (κ1) is 22.7. The number of carbonyl (C=O) groups is 1. The summed E-state index contributed by atoms with van der Waals surface area (Å²) in [5, 5.41) is 11.7. The Morgan fingerprint density at radius 2 is 2.09 bits per heavy atom. The summed E-state index contributed by atoms with van der Waals surface area (Å²) in [7, 11) is -3.74. The van der Waals surface area contributed by atoms with Crippen LogP contribution >= 0.6 is 11.6 Å². The maximum atomic E-state index is 13.3. The van der Waals surface area contributed by atoms with Gasteiger partial charge in [0.25, 0.3) is 0 Å². The number of benzene rings is 2. The highest BCUT2D eigenvalue weighted by molar-refractivity contribution is 7.89. The van der Waals surface area contributed by atoms with Gasteiger partial charge in [-0.3, -0.25) is 4.79 Å². The second-order valence-electron chi connectivity index (χ2n) is 8.01. The molecular weight excluding hydrogens is 450 g/mol. The van der Waals surface area contributed by atoms with E-state index in [1.54, 1.807) is 35.0 Å². The van der Waals surface area contributed by atoms with Crippen molar-refractivity contribution in [2.24, 2.45) is 5.92 Å². The lowest BCUT2D eigenvalue weighted by atomic mass is 9.99. The molecule has 0 unspecified atom stereocenters. The smallest absolute Gasteiger partial charge is 0.243 e. The number of nitrogens with zero attached hydrogens (tertiary/aromatic N) is 4. The number of fused-ring (bicyclic) bond motifs is 1. The Balaban J connectivity index is 1.45. The summed E-state index contributed by atoms with van der Waals surface area (Å²) in [5.74, 6) is -0.547. The van der Waals surface area contributed by atoms with Crippen LogP contribution in [0.4, 0.5) is 0 Å². The Morgan fingerprint density at radius 3 is 2.88 bits per heavy atom. The number of hydrogen-bond acceptors (Lipinski definition) is 5. The average Bonchev–Trinajstić information content (AvgIpc) is 3.20. The maximum absolute atomic E-state index is 13.3. The topological polar surface area (TPSA) is 97.2 Å². The van der Waals surface area contributed by atoms with Crippen molar-refractivity contribution in [3.8, 4) is 0 Å². The standard InChI is InChI=1S/C22H26ClN5O3S/c1-2-10-28-21-9-8-19(13-20(21)25-26-28)32(30,31)27-11-4-6-17(15-27)22(29)24-14-16-5-3-7-18(23)12-16/h3,5,7-9,12-13,17H,2,4,6,10-11,14-15H2,1H3,(H,24,29)/t17-/m0/s1. The van der Waals surface area contributed by atoms with E-state index in [9.17, 15) is 13.2 Å². The molecule has 10 heteroatoms. The Kier molecular flexibility index (Phi) is 6.78. The van der Waals surface area contributed by atoms with Gasteiger partial charge in [-0.1, -0.05) is 35.9 Å². The van der Waals surface area contributed by atoms with Crippen molar-refractivity contribution in [1.82, 2.24) is 24.6 Å². The molecule has 170 valence electrons. The minimum Gasteiger partial charge on any atom is -0.352 e. The first-order valence-electron chi connectivity index (χ1n) is 10.7. The molecule has 0 spiro atoms. The zero-order valence-electron chi connectivity index (χ0n) is 17.9. The number of rotatable bonds is 7. The quantitative estimate of drug-likeness (QED) is 0.566. The largest absolute Gasteiger partial charge is 0.352 e. The van der Waals surface area contributed by atoms with Crippen LogP contribution in [-0.4, -0.2) is 46.7 Å². The first-order chi connectivity index (χ1) is 15.4. The monoisotopic (exact) mass is 475 g/mol. The third kappa shape index (κ3) is 4.79. The fraction of sp³-hybridized carbons (Fsp3) is 0.409. The molecule has 1 aliphatic rings. The summed E-state index contributed by atoms with van der Waals surface area (Å²) in [6.07, 6.45) is 2.19. The summed E-state index contributed by atoms with van der Waals surface area (Å²) < 4.78 is 29.7. The van der Waals surface area contributed by atoms with Crippen LogP contribution in [0.5, 0.6) is 0 Å². The molecule has 0 saturated carbocycles. The summed E-state index contributed by atoms with van der Waals surface area (Å²) >= 11 is 5.99. The van der Waals surface area contributed by atoms with Crippen LogP contribution in [0, 0.1) is 5.92 Å². The lowest BCUT2D eigenvalue weighted by Gasteiger charge is -2.31. The number of halogens is 1. The van der Waals surface area contributed by atoms with E-state index < -0.39 is 15.9 Å². The summed E-state index contributed by atoms with van der Waals surface area (Å²) in [4.78, 5) is 12.9. The molecule has 4 rings (SSSR count). The van der Waals surface area contributed by atoms with Crippen LogP contribution < -0.4 is 5.32 Å². The van der Waals surface area contributed by atoms with Gasteiger partial charge in [0.1, 0.15) is 5.52 Å². The number of nitrogens with one attached hydrogen (secondary N) is 1. The third-order valence-electron chi connectivity index (χ3n) is 5.67. The van der Waals surface area contributed by atoms with Crippen molar-refractivity contribution in [3.05, 3.63) is 53.1 Å². The van der Waals surface area contributed by atoms with Crippen molar-refractivity contribution in [2.45, 2.75) is 44.2 Å². The molecule has 0 radical (unpaired) electrons. The summed E-state index contributed by atoms with van der Waals surface area (Å²) in [6.45, 7) is 3.67. The van der Waals surface area contributed by atoms with E-state index in [-0.39, 0.29) is 17.3 Å². The van der Waals surface area contributed by atoms with Crippen molar-refractivity contribution >= 4 is 38.6 Å². The lowest BCUT2D eigenvalue weighted by Crippen LogP contribution is -2.45. The number of hydrogen-bond donors (Lipinski definition) is 1. The number of piperidine rings is 1. The maximum Gasteiger partial charge on any atom is 0.243 e. The van der Waals surface area contributed by atoms with E-state index in [0.29, 0.717) is 36.5 Å². The SMILES string of the molecule is CCCn1nnc2cc(S(=O)(=O)N3CCC[C@H](C(=O)NCc4cccc(Cl)c4)C3)ccc21. The van der Waals surface area contributed by atoms with Crippen LogP contribution in [0.1, 0.15) is 31.7 Å². The first-order valence-corrected chi connectivity index (χ1v) is 12.6. The fourth-order valence-corrected chi connectivity index (χ4v) is 5.75. The Bertz CT molecular complexity index is 1230. The van der Waals surface area contributed by atoms with Gasteiger partial charge in [-0.15, -0.1) is 5.10 Å². The molecule has 2 heterocycles. The second-order valence-corrected chi connectivity index (χ2v) is 10.4. The van der Waals surface area contributed by atoms with Gasteiger partial charge in [-0.25, -0.2) is 13.1 Å². The second kappa shape index (κ2) is 9.56. The molecule has 1 saturated heterocycles. The third-order valence-corrected chi connectivity index (χ3v) is 7.77. The van der Waals surface area contributed by atoms with Gasteiger partial charge in [0.05, 0.1) is 16.3 Å². The number of carbonyl (C=O) groups excluding carboxylic acids is 1. The molecule has 1 atom stereocenters. The van der Waals surface area contributed by atoms with E-state index in [2.05, 4.69) is 15.6 Å². The minimum absolute atomic E-state index is 0.150. The minimum atomic E-state index is -3.74. The molecule has 1 aromatic heterocycles. The molecule has 1 fully saturated rings. The van der Waals surface area contributed by atoms with E-state index in [1.807, 2.05) is 19.1 Å². The van der Waals surface area contributed by atoms with Gasteiger partial charge in [-0.05, 0) is 55.2 Å². The summed E-state index contributed by atoms with van der Waals surface area (Å²) in [6, 6.07) is 12.2. The molecule has 0 aliphatic carbocycles. The Morgan fingerprint density at radius 1 is 1.25 bits per heavy atom. The van der Waals surface area contributed by atoms with Gasteiger partial charge >= 0.3 is 0 Å². The van der Waals surface area contributed by atoms with E-state index in [4.69, 9.17) is 11.6 Å². The van der Waals surface area contributed by atoms with E-state index >= 15 is 0 Å². The van der Waals surface area contributed by atoms with Crippen molar-refractivity contribution in [3.63, 3.8) is 0 Å².